The Labute approximate surface area is 120 Å². The summed E-state index contributed by atoms with van der Waals surface area (Å²) in [6, 6.07) is 0.361. The molecule has 0 aromatic carbocycles. The maximum Gasteiger partial charge on any atom is 0.257 e. The molecular weight excluding hydrogens is 254 g/mol. The molecule has 1 aliphatic heterocycles. The van der Waals surface area contributed by atoms with Crippen molar-refractivity contribution in [2.45, 2.75) is 46.1 Å². The van der Waals surface area contributed by atoms with Crippen LogP contribution in [0.25, 0.3) is 0 Å². The van der Waals surface area contributed by atoms with Gasteiger partial charge in [0.15, 0.2) is 0 Å². The highest BCUT2D eigenvalue weighted by atomic mass is 16.3. The van der Waals surface area contributed by atoms with E-state index in [4.69, 9.17) is 0 Å². The zero-order chi connectivity index (χ0) is 14.7. The molecule has 1 aromatic rings. The molecule has 5 nitrogen and oxygen atoms in total. The van der Waals surface area contributed by atoms with Gasteiger partial charge in [-0.25, -0.2) is 0 Å². The van der Waals surface area contributed by atoms with Crippen LogP contribution in [-0.2, 0) is 0 Å². The van der Waals surface area contributed by atoms with Gasteiger partial charge in [-0.3, -0.25) is 9.48 Å². The van der Waals surface area contributed by atoms with Crippen LogP contribution in [0.15, 0.2) is 6.20 Å². The fourth-order valence-corrected chi connectivity index (χ4v) is 2.97. The first-order valence-corrected chi connectivity index (χ1v) is 7.56. The Morgan fingerprint density at radius 2 is 2.20 bits per heavy atom. The molecule has 2 rings (SSSR count). The minimum Gasteiger partial charge on any atom is -0.396 e. The van der Waals surface area contributed by atoms with Crippen LogP contribution in [0.4, 0.5) is 0 Å². The monoisotopic (exact) mass is 279 g/mol. The van der Waals surface area contributed by atoms with E-state index in [1.54, 1.807) is 6.20 Å². The minimum absolute atomic E-state index is 0.0515. The summed E-state index contributed by atoms with van der Waals surface area (Å²) in [5.41, 5.74) is 1.66. The second-order valence-electron chi connectivity index (χ2n) is 5.65. The van der Waals surface area contributed by atoms with E-state index < -0.39 is 0 Å². The summed E-state index contributed by atoms with van der Waals surface area (Å²) in [6.07, 6.45) is 4.62. The Hall–Kier alpha value is -1.36. The Morgan fingerprint density at radius 1 is 1.50 bits per heavy atom. The fraction of sp³-hybridized carbons (Fsp3) is 0.733. The molecule has 0 radical (unpaired) electrons. The van der Waals surface area contributed by atoms with Gasteiger partial charge in [-0.05, 0) is 26.2 Å². The number of aliphatic hydroxyl groups excluding tert-OH is 1. The Morgan fingerprint density at radius 3 is 2.75 bits per heavy atom. The topological polar surface area (TPSA) is 58.4 Å². The van der Waals surface area contributed by atoms with Crippen molar-refractivity contribution in [1.29, 1.82) is 0 Å². The van der Waals surface area contributed by atoms with Crippen LogP contribution in [0.3, 0.4) is 0 Å². The third kappa shape index (κ3) is 2.73. The van der Waals surface area contributed by atoms with E-state index in [2.05, 4.69) is 18.9 Å². The van der Waals surface area contributed by atoms with Crippen LogP contribution in [-0.4, -0.2) is 45.4 Å². The number of hydrogen-bond donors (Lipinski definition) is 1. The van der Waals surface area contributed by atoms with Gasteiger partial charge in [0, 0.05) is 31.3 Å². The molecule has 0 aliphatic carbocycles. The maximum atomic E-state index is 12.5. The fourth-order valence-electron chi connectivity index (χ4n) is 2.97. The minimum atomic E-state index is 0.0515. The van der Waals surface area contributed by atoms with Crippen LogP contribution in [0, 0.1) is 12.8 Å². The summed E-state index contributed by atoms with van der Waals surface area (Å²) < 4.78 is 1.98. The number of likely N-dealkylation sites (tertiary alicyclic amines) is 1. The van der Waals surface area contributed by atoms with E-state index in [-0.39, 0.29) is 18.4 Å². The molecule has 2 heterocycles. The van der Waals surface area contributed by atoms with Crippen molar-refractivity contribution in [2.24, 2.45) is 5.92 Å². The van der Waals surface area contributed by atoms with Gasteiger partial charge in [-0.2, -0.15) is 5.10 Å². The lowest BCUT2D eigenvalue weighted by atomic mass is 10.1. The van der Waals surface area contributed by atoms with E-state index in [0.717, 1.165) is 31.5 Å². The number of carbonyl (C=O) groups excluding carboxylic acids is 1. The van der Waals surface area contributed by atoms with Crippen molar-refractivity contribution in [3.63, 3.8) is 0 Å². The number of amides is 1. The Kier molecular flexibility index (Phi) is 4.81. The standard InChI is InChI=1S/C15H25N3O2/c1-4-13(5-2)18-11(3)14(8-16-18)15(20)17-7-6-12(9-17)10-19/h8,12-13,19H,4-7,9-10H2,1-3H3. The molecule has 1 amide bonds. The number of carbonyl (C=O) groups is 1. The van der Waals surface area contributed by atoms with Gasteiger partial charge < -0.3 is 10.0 Å². The molecule has 0 saturated carbocycles. The summed E-state index contributed by atoms with van der Waals surface area (Å²) in [7, 11) is 0. The predicted molar refractivity (Wildman–Crippen MR) is 77.7 cm³/mol. The Balaban J connectivity index is 2.15. The van der Waals surface area contributed by atoms with Gasteiger partial charge in [-0.1, -0.05) is 13.8 Å². The van der Waals surface area contributed by atoms with Crippen LogP contribution < -0.4 is 0 Å². The first-order chi connectivity index (χ1) is 9.62. The predicted octanol–water partition coefficient (Wildman–Crippen LogP) is 2.01. The molecule has 20 heavy (non-hydrogen) atoms. The summed E-state index contributed by atoms with van der Waals surface area (Å²) in [4.78, 5) is 14.4. The number of rotatable bonds is 5. The average Bonchev–Trinajstić information content (AvgIpc) is 3.07. The van der Waals surface area contributed by atoms with Crippen LogP contribution in [0.1, 0.15) is 55.2 Å². The van der Waals surface area contributed by atoms with Crippen LogP contribution in [0.5, 0.6) is 0 Å². The van der Waals surface area contributed by atoms with Gasteiger partial charge >= 0.3 is 0 Å². The number of aliphatic hydroxyl groups is 1. The molecule has 1 aliphatic rings. The smallest absolute Gasteiger partial charge is 0.257 e. The molecule has 1 N–H and O–H groups in total. The largest absolute Gasteiger partial charge is 0.396 e. The quantitative estimate of drug-likeness (QED) is 0.897. The summed E-state index contributed by atoms with van der Waals surface area (Å²) >= 11 is 0. The van der Waals surface area contributed by atoms with E-state index >= 15 is 0 Å². The number of aromatic nitrogens is 2. The molecular formula is C15H25N3O2. The molecule has 112 valence electrons. The highest BCUT2D eigenvalue weighted by Gasteiger charge is 2.28. The van der Waals surface area contributed by atoms with E-state index in [9.17, 15) is 9.90 Å². The zero-order valence-corrected chi connectivity index (χ0v) is 12.7. The van der Waals surface area contributed by atoms with Gasteiger partial charge in [0.2, 0.25) is 0 Å². The lowest BCUT2D eigenvalue weighted by Crippen LogP contribution is -2.29. The van der Waals surface area contributed by atoms with Crippen molar-refractivity contribution >= 4 is 5.91 Å². The van der Waals surface area contributed by atoms with E-state index in [1.165, 1.54) is 0 Å². The first kappa shape index (κ1) is 15.0. The Bertz CT molecular complexity index is 466. The number of nitrogens with zero attached hydrogens (tertiary/aromatic N) is 3. The highest BCUT2D eigenvalue weighted by Crippen LogP contribution is 2.23. The van der Waals surface area contributed by atoms with Crippen molar-refractivity contribution in [1.82, 2.24) is 14.7 Å². The molecule has 1 fully saturated rings. The van der Waals surface area contributed by atoms with Crippen molar-refractivity contribution in [3.05, 3.63) is 17.5 Å². The summed E-state index contributed by atoms with van der Waals surface area (Å²) in [5, 5.41) is 13.6. The van der Waals surface area contributed by atoms with Crippen LogP contribution >= 0.6 is 0 Å². The van der Waals surface area contributed by atoms with E-state index in [1.807, 2.05) is 16.5 Å². The van der Waals surface area contributed by atoms with Crippen LogP contribution in [0.2, 0.25) is 0 Å². The van der Waals surface area contributed by atoms with Gasteiger partial charge in [-0.15, -0.1) is 0 Å². The summed E-state index contributed by atoms with van der Waals surface area (Å²) in [5.74, 6) is 0.281. The second-order valence-corrected chi connectivity index (χ2v) is 5.65. The van der Waals surface area contributed by atoms with E-state index in [0.29, 0.717) is 18.2 Å². The van der Waals surface area contributed by atoms with Gasteiger partial charge in [0.1, 0.15) is 0 Å². The van der Waals surface area contributed by atoms with Crippen molar-refractivity contribution in [3.8, 4) is 0 Å². The highest BCUT2D eigenvalue weighted by molar-refractivity contribution is 5.95. The molecule has 1 saturated heterocycles. The third-order valence-corrected chi connectivity index (χ3v) is 4.39. The maximum absolute atomic E-state index is 12.5. The molecule has 0 bridgehead atoms. The molecule has 1 atom stereocenters. The molecule has 1 unspecified atom stereocenters. The average molecular weight is 279 g/mol. The summed E-state index contributed by atoms with van der Waals surface area (Å²) in [6.45, 7) is 7.81. The zero-order valence-electron chi connectivity index (χ0n) is 12.7. The van der Waals surface area contributed by atoms with Gasteiger partial charge in [0.05, 0.1) is 17.8 Å². The van der Waals surface area contributed by atoms with Crippen molar-refractivity contribution < 1.29 is 9.90 Å². The molecule has 5 heteroatoms. The third-order valence-electron chi connectivity index (χ3n) is 4.39. The molecule has 1 aromatic heterocycles. The number of hydrogen-bond acceptors (Lipinski definition) is 3. The lowest BCUT2D eigenvalue weighted by Gasteiger charge is -2.18. The normalized spacial score (nSPS) is 19.1. The lowest BCUT2D eigenvalue weighted by molar-refractivity contribution is 0.0781. The SMILES string of the molecule is CCC(CC)n1ncc(C(=O)N2CCC(CO)C2)c1C. The second kappa shape index (κ2) is 6.39. The molecule has 0 spiro atoms. The van der Waals surface area contributed by atoms with Crippen molar-refractivity contribution in [2.75, 3.05) is 19.7 Å². The first-order valence-electron chi connectivity index (χ1n) is 7.56. The van der Waals surface area contributed by atoms with Gasteiger partial charge in [0.25, 0.3) is 5.91 Å².